The number of carbonyl (C=O) groups excluding carboxylic acids is 1. The van der Waals surface area contributed by atoms with Crippen molar-refractivity contribution in [2.75, 3.05) is 24.5 Å². The third-order valence-electron chi connectivity index (χ3n) is 3.13. The average molecular weight is 249 g/mol. The van der Waals surface area contributed by atoms with Gasteiger partial charge in [0.05, 0.1) is 30.2 Å². The van der Waals surface area contributed by atoms with Crippen molar-refractivity contribution in [3.63, 3.8) is 0 Å². The number of rotatable bonds is 3. The predicted molar refractivity (Wildman–Crippen MR) is 69.3 cm³/mol. The molecule has 1 saturated heterocycles. The Bertz CT molecular complexity index is 405. The summed E-state index contributed by atoms with van der Waals surface area (Å²) in [6.45, 7) is 3.86. The Kier molecular flexibility index (Phi) is 4.15. The molecule has 0 bridgehead atoms. The van der Waals surface area contributed by atoms with Crippen molar-refractivity contribution in [1.82, 2.24) is 10.3 Å². The molecule has 98 valence electrons. The predicted octanol–water partition coefficient (Wildman–Crippen LogP) is 0.851. The molecule has 1 fully saturated rings. The molecule has 1 aliphatic heterocycles. The lowest BCUT2D eigenvalue weighted by atomic mass is 10.2. The van der Waals surface area contributed by atoms with Crippen molar-refractivity contribution >= 4 is 11.6 Å². The number of aliphatic hydroxyl groups excluding tert-OH is 1. The normalized spacial score (nSPS) is 18.1. The molecule has 1 aromatic rings. The summed E-state index contributed by atoms with van der Waals surface area (Å²) in [5, 5.41) is 12.5. The van der Waals surface area contributed by atoms with Gasteiger partial charge in [-0.05, 0) is 25.0 Å². The van der Waals surface area contributed by atoms with Gasteiger partial charge in [0.25, 0.3) is 0 Å². The molecule has 0 aliphatic carbocycles. The fraction of sp³-hybridized carbons (Fsp3) is 0.538. The molecule has 18 heavy (non-hydrogen) atoms. The summed E-state index contributed by atoms with van der Waals surface area (Å²) in [7, 11) is 0. The van der Waals surface area contributed by atoms with E-state index < -0.39 is 6.10 Å². The molecule has 0 saturated carbocycles. The molecule has 2 N–H and O–H groups in total. The molecule has 1 unspecified atom stereocenters. The van der Waals surface area contributed by atoms with E-state index in [0.717, 1.165) is 25.2 Å². The Labute approximate surface area is 107 Å². The highest BCUT2D eigenvalue weighted by Gasteiger charge is 2.15. The molecular weight excluding hydrogens is 230 g/mol. The summed E-state index contributed by atoms with van der Waals surface area (Å²) in [4.78, 5) is 17.7. The van der Waals surface area contributed by atoms with E-state index >= 15 is 0 Å². The van der Waals surface area contributed by atoms with Gasteiger partial charge in [0.1, 0.15) is 0 Å². The van der Waals surface area contributed by atoms with Crippen LogP contribution in [-0.4, -0.2) is 35.6 Å². The first-order valence-electron chi connectivity index (χ1n) is 6.36. The highest BCUT2D eigenvalue weighted by atomic mass is 16.3. The fourth-order valence-corrected chi connectivity index (χ4v) is 2.02. The van der Waals surface area contributed by atoms with Crippen molar-refractivity contribution in [3.05, 3.63) is 24.0 Å². The lowest BCUT2D eigenvalue weighted by Crippen LogP contribution is -2.33. The lowest BCUT2D eigenvalue weighted by Gasteiger charge is -2.21. The quantitative estimate of drug-likeness (QED) is 0.833. The Morgan fingerprint density at radius 1 is 1.56 bits per heavy atom. The summed E-state index contributed by atoms with van der Waals surface area (Å²) in [5.74, 6) is 0.0465. The molecule has 0 radical (unpaired) electrons. The van der Waals surface area contributed by atoms with E-state index in [-0.39, 0.29) is 5.91 Å². The molecular formula is C13H19N3O2. The highest BCUT2D eigenvalue weighted by molar-refractivity contribution is 5.81. The van der Waals surface area contributed by atoms with Crippen LogP contribution >= 0.6 is 0 Å². The van der Waals surface area contributed by atoms with Crippen LogP contribution in [0.4, 0.5) is 5.69 Å². The number of hydrogen-bond donors (Lipinski definition) is 2. The summed E-state index contributed by atoms with van der Waals surface area (Å²) < 4.78 is 0. The third kappa shape index (κ3) is 2.98. The number of pyridine rings is 1. The Hall–Kier alpha value is -1.62. The minimum Gasteiger partial charge on any atom is -0.387 e. The number of amides is 1. The third-order valence-corrected chi connectivity index (χ3v) is 3.13. The largest absolute Gasteiger partial charge is 0.387 e. The monoisotopic (exact) mass is 249 g/mol. The second-order valence-corrected chi connectivity index (χ2v) is 4.49. The minimum atomic E-state index is -0.508. The van der Waals surface area contributed by atoms with E-state index in [1.165, 1.54) is 0 Å². The van der Waals surface area contributed by atoms with E-state index in [9.17, 15) is 9.90 Å². The number of aliphatic hydroxyl groups is 1. The van der Waals surface area contributed by atoms with E-state index in [1.807, 2.05) is 24.0 Å². The standard InChI is InChI=1S/C13H19N3O2/c1-2-12(17)11-5-4-10(8-15-11)16-7-3-6-14-13(18)9-16/h4-5,8,12,17H,2-3,6-7,9H2,1H3,(H,14,18). The number of nitrogens with one attached hydrogen (secondary N) is 1. The molecule has 1 amide bonds. The van der Waals surface area contributed by atoms with Crippen molar-refractivity contribution in [2.45, 2.75) is 25.9 Å². The van der Waals surface area contributed by atoms with Gasteiger partial charge < -0.3 is 15.3 Å². The van der Waals surface area contributed by atoms with Crippen LogP contribution < -0.4 is 10.2 Å². The first kappa shape index (κ1) is 12.8. The first-order valence-corrected chi connectivity index (χ1v) is 6.36. The van der Waals surface area contributed by atoms with Crippen LogP contribution in [0.25, 0.3) is 0 Å². The van der Waals surface area contributed by atoms with Crippen LogP contribution in [0.3, 0.4) is 0 Å². The number of aromatic nitrogens is 1. The van der Waals surface area contributed by atoms with Crippen LogP contribution in [0.2, 0.25) is 0 Å². The van der Waals surface area contributed by atoms with Crippen molar-refractivity contribution in [1.29, 1.82) is 0 Å². The van der Waals surface area contributed by atoms with Gasteiger partial charge in [-0.1, -0.05) is 6.92 Å². The molecule has 1 aromatic heterocycles. The zero-order valence-corrected chi connectivity index (χ0v) is 10.6. The van der Waals surface area contributed by atoms with Gasteiger partial charge in [0.15, 0.2) is 0 Å². The minimum absolute atomic E-state index is 0.0465. The zero-order valence-electron chi connectivity index (χ0n) is 10.6. The van der Waals surface area contributed by atoms with Gasteiger partial charge in [0, 0.05) is 13.1 Å². The van der Waals surface area contributed by atoms with Crippen molar-refractivity contribution in [2.24, 2.45) is 0 Å². The number of hydrogen-bond acceptors (Lipinski definition) is 4. The van der Waals surface area contributed by atoms with Crippen LogP contribution in [0.5, 0.6) is 0 Å². The fourth-order valence-electron chi connectivity index (χ4n) is 2.02. The van der Waals surface area contributed by atoms with Crippen molar-refractivity contribution < 1.29 is 9.90 Å². The van der Waals surface area contributed by atoms with E-state index in [0.29, 0.717) is 18.7 Å². The average Bonchev–Trinajstić information content (AvgIpc) is 2.63. The van der Waals surface area contributed by atoms with Gasteiger partial charge in [-0.2, -0.15) is 0 Å². The Morgan fingerprint density at radius 2 is 2.39 bits per heavy atom. The van der Waals surface area contributed by atoms with Crippen molar-refractivity contribution in [3.8, 4) is 0 Å². The SMILES string of the molecule is CCC(O)c1ccc(N2CCCNC(=O)C2)cn1. The molecule has 2 rings (SSSR count). The summed E-state index contributed by atoms with van der Waals surface area (Å²) >= 11 is 0. The Balaban J connectivity index is 2.10. The molecule has 0 aromatic carbocycles. The van der Waals surface area contributed by atoms with E-state index in [1.54, 1.807) is 6.20 Å². The smallest absolute Gasteiger partial charge is 0.239 e. The summed E-state index contributed by atoms with van der Waals surface area (Å²) in [5.41, 5.74) is 1.61. The summed E-state index contributed by atoms with van der Waals surface area (Å²) in [6, 6.07) is 3.74. The number of carbonyl (C=O) groups is 1. The van der Waals surface area contributed by atoms with Crippen LogP contribution in [0, 0.1) is 0 Å². The van der Waals surface area contributed by atoms with Crippen LogP contribution in [0.1, 0.15) is 31.6 Å². The maximum Gasteiger partial charge on any atom is 0.239 e. The molecule has 2 heterocycles. The molecule has 5 nitrogen and oxygen atoms in total. The van der Waals surface area contributed by atoms with Crippen LogP contribution in [0.15, 0.2) is 18.3 Å². The van der Waals surface area contributed by atoms with Crippen LogP contribution in [-0.2, 0) is 4.79 Å². The highest BCUT2D eigenvalue weighted by Crippen LogP contribution is 2.18. The molecule has 1 aliphatic rings. The number of anilines is 1. The van der Waals surface area contributed by atoms with Gasteiger partial charge in [-0.15, -0.1) is 0 Å². The molecule has 5 heteroatoms. The van der Waals surface area contributed by atoms with Gasteiger partial charge in [-0.3, -0.25) is 9.78 Å². The summed E-state index contributed by atoms with van der Waals surface area (Å²) in [6.07, 6.45) is 2.81. The Morgan fingerprint density at radius 3 is 3.06 bits per heavy atom. The lowest BCUT2D eigenvalue weighted by molar-refractivity contribution is -0.119. The van der Waals surface area contributed by atoms with E-state index in [4.69, 9.17) is 0 Å². The van der Waals surface area contributed by atoms with Gasteiger partial charge in [0.2, 0.25) is 5.91 Å². The zero-order chi connectivity index (χ0) is 13.0. The second-order valence-electron chi connectivity index (χ2n) is 4.49. The molecule has 1 atom stereocenters. The molecule has 0 spiro atoms. The topological polar surface area (TPSA) is 65.5 Å². The first-order chi connectivity index (χ1) is 8.70. The maximum absolute atomic E-state index is 11.5. The second kappa shape index (κ2) is 5.82. The van der Waals surface area contributed by atoms with Gasteiger partial charge in [-0.25, -0.2) is 0 Å². The number of nitrogens with zero attached hydrogens (tertiary/aromatic N) is 2. The van der Waals surface area contributed by atoms with E-state index in [2.05, 4.69) is 10.3 Å². The maximum atomic E-state index is 11.5. The van der Waals surface area contributed by atoms with Gasteiger partial charge >= 0.3 is 0 Å².